The lowest BCUT2D eigenvalue weighted by molar-refractivity contribution is -0.122. The average molecular weight is 304 g/mol. The van der Waals surface area contributed by atoms with E-state index in [0.29, 0.717) is 18.5 Å². The quantitative estimate of drug-likeness (QED) is 0.777. The van der Waals surface area contributed by atoms with Gasteiger partial charge in [-0.3, -0.25) is 9.59 Å². The maximum absolute atomic E-state index is 12.1. The fourth-order valence-electron chi connectivity index (χ4n) is 2.75. The van der Waals surface area contributed by atoms with Gasteiger partial charge in [0.2, 0.25) is 11.8 Å². The van der Waals surface area contributed by atoms with Crippen LogP contribution in [0, 0.1) is 5.92 Å². The highest BCUT2D eigenvalue weighted by molar-refractivity contribution is 5.93. The van der Waals surface area contributed by atoms with Crippen molar-refractivity contribution in [3.8, 4) is 0 Å². The van der Waals surface area contributed by atoms with Gasteiger partial charge in [-0.2, -0.15) is 0 Å². The van der Waals surface area contributed by atoms with E-state index >= 15 is 0 Å². The van der Waals surface area contributed by atoms with Crippen molar-refractivity contribution in [2.24, 2.45) is 5.92 Å². The van der Waals surface area contributed by atoms with E-state index in [0.717, 1.165) is 18.4 Å². The molecule has 5 nitrogen and oxygen atoms in total. The smallest absolute Gasteiger partial charge is 0.230 e. The van der Waals surface area contributed by atoms with Crippen molar-refractivity contribution in [1.29, 1.82) is 0 Å². The minimum atomic E-state index is -0.529. The summed E-state index contributed by atoms with van der Waals surface area (Å²) in [5, 5.41) is 15.4. The Hall–Kier alpha value is -1.88. The number of hydrogen-bond acceptors (Lipinski definition) is 3. The molecule has 3 N–H and O–H groups in total. The Kier molecular flexibility index (Phi) is 5.55. The second-order valence-electron chi connectivity index (χ2n) is 6.19. The third-order valence-electron chi connectivity index (χ3n) is 3.85. The summed E-state index contributed by atoms with van der Waals surface area (Å²) in [4.78, 5) is 23.8. The Morgan fingerprint density at radius 2 is 1.91 bits per heavy atom. The summed E-state index contributed by atoms with van der Waals surface area (Å²) in [6, 6.07) is 7.37. The van der Waals surface area contributed by atoms with E-state index in [2.05, 4.69) is 10.6 Å². The van der Waals surface area contributed by atoms with Gasteiger partial charge in [0, 0.05) is 11.7 Å². The zero-order valence-corrected chi connectivity index (χ0v) is 13.1. The second-order valence-corrected chi connectivity index (χ2v) is 6.19. The van der Waals surface area contributed by atoms with Crippen LogP contribution in [0.1, 0.15) is 38.7 Å². The number of anilines is 1. The lowest BCUT2D eigenvalue weighted by Gasteiger charge is -2.14. The van der Waals surface area contributed by atoms with Crippen molar-refractivity contribution < 1.29 is 14.7 Å². The highest BCUT2D eigenvalue weighted by atomic mass is 16.3. The fourth-order valence-corrected chi connectivity index (χ4v) is 2.75. The van der Waals surface area contributed by atoms with E-state index in [4.69, 9.17) is 0 Å². The highest BCUT2D eigenvalue weighted by Crippen LogP contribution is 2.26. The van der Waals surface area contributed by atoms with Crippen LogP contribution in [-0.2, 0) is 16.0 Å². The van der Waals surface area contributed by atoms with Crippen LogP contribution in [-0.4, -0.2) is 29.1 Å². The van der Waals surface area contributed by atoms with Crippen LogP contribution < -0.4 is 10.6 Å². The molecule has 1 aliphatic rings. The summed E-state index contributed by atoms with van der Waals surface area (Å²) in [5.74, 6) is -0.451. The van der Waals surface area contributed by atoms with Crippen molar-refractivity contribution in [3.05, 3.63) is 29.8 Å². The van der Waals surface area contributed by atoms with Crippen LogP contribution in [0.4, 0.5) is 5.69 Å². The Bertz CT molecular complexity index is 525. The first-order valence-corrected chi connectivity index (χ1v) is 7.83. The summed E-state index contributed by atoms with van der Waals surface area (Å²) < 4.78 is 0. The molecule has 0 spiro atoms. The number of aliphatic hydroxyl groups excluding tert-OH is 1. The summed E-state index contributed by atoms with van der Waals surface area (Å²) >= 11 is 0. The van der Waals surface area contributed by atoms with E-state index in [9.17, 15) is 14.7 Å². The van der Waals surface area contributed by atoms with Gasteiger partial charge < -0.3 is 15.7 Å². The first kappa shape index (κ1) is 16.5. The molecule has 5 heteroatoms. The van der Waals surface area contributed by atoms with Gasteiger partial charge in [-0.15, -0.1) is 0 Å². The molecule has 1 fully saturated rings. The summed E-state index contributed by atoms with van der Waals surface area (Å²) in [7, 11) is 0. The fraction of sp³-hybridized carbons (Fsp3) is 0.529. The normalized spacial score (nSPS) is 20.9. The van der Waals surface area contributed by atoms with Gasteiger partial charge in [0.15, 0.2) is 0 Å². The molecule has 2 atom stereocenters. The Morgan fingerprint density at radius 3 is 2.45 bits per heavy atom. The number of hydrogen-bond donors (Lipinski definition) is 3. The van der Waals surface area contributed by atoms with Gasteiger partial charge in [0.1, 0.15) is 0 Å². The summed E-state index contributed by atoms with van der Waals surface area (Å²) in [5.41, 5.74) is 1.59. The summed E-state index contributed by atoms with van der Waals surface area (Å²) in [6.45, 7) is 3.85. The zero-order chi connectivity index (χ0) is 16.1. The maximum atomic E-state index is 12.1. The van der Waals surface area contributed by atoms with Crippen LogP contribution in [0.5, 0.6) is 0 Å². The van der Waals surface area contributed by atoms with Crippen LogP contribution in [0.15, 0.2) is 24.3 Å². The van der Waals surface area contributed by atoms with Gasteiger partial charge in [0.05, 0.1) is 18.4 Å². The van der Waals surface area contributed by atoms with Crippen LogP contribution >= 0.6 is 0 Å². The zero-order valence-electron chi connectivity index (χ0n) is 13.1. The number of benzene rings is 1. The molecule has 22 heavy (non-hydrogen) atoms. The molecule has 2 rings (SSSR count). The Morgan fingerprint density at radius 1 is 1.23 bits per heavy atom. The maximum Gasteiger partial charge on any atom is 0.230 e. The van der Waals surface area contributed by atoms with Crippen molar-refractivity contribution in [2.75, 3.05) is 5.32 Å². The van der Waals surface area contributed by atoms with Gasteiger partial charge in [0.25, 0.3) is 0 Å². The molecule has 0 aromatic heterocycles. The third kappa shape index (κ3) is 4.56. The minimum absolute atomic E-state index is 0.0131. The van der Waals surface area contributed by atoms with Crippen molar-refractivity contribution in [1.82, 2.24) is 5.32 Å². The third-order valence-corrected chi connectivity index (χ3v) is 3.85. The molecular weight excluding hydrogens is 280 g/mol. The first-order chi connectivity index (χ1) is 10.5. The molecule has 0 radical (unpaired) electrons. The molecule has 1 aromatic rings. The van der Waals surface area contributed by atoms with E-state index in [1.807, 2.05) is 26.0 Å². The highest BCUT2D eigenvalue weighted by Gasteiger charge is 2.31. The minimum Gasteiger partial charge on any atom is -0.392 e. The molecule has 2 amide bonds. The monoisotopic (exact) mass is 304 g/mol. The number of carbonyl (C=O) groups is 2. The number of rotatable bonds is 5. The molecule has 0 bridgehead atoms. The molecular formula is C17H24N2O3. The van der Waals surface area contributed by atoms with Crippen LogP contribution in [0.2, 0.25) is 0 Å². The number of aliphatic hydroxyl groups is 1. The van der Waals surface area contributed by atoms with E-state index in [1.165, 1.54) is 0 Å². The number of amides is 2. The topological polar surface area (TPSA) is 78.4 Å². The standard InChI is InChI=1S/C17H24N2O3/c1-11(2)18-16(21)10-12-6-8-13(9-7-12)19-17(22)14-4-3-5-15(14)20/h6-9,11,14-15,20H,3-5,10H2,1-2H3,(H,18,21)(H,19,22). The molecule has 0 heterocycles. The lowest BCUT2D eigenvalue weighted by atomic mass is 10.0. The lowest BCUT2D eigenvalue weighted by Crippen LogP contribution is -2.31. The number of nitrogens with one attached hydrogen (secondary N) is 2. The largest absolute Gasteiger partial charge is 0.392 e. The average Bonchev–Trinajstić information content (AvgIpc) is 2.86. The first-order valence-electron chi connectivity index (χ1n) is 7.83. The van der Waals surface area contributed by atoms with Gasteiger partial charge in [-0.25, -0.2) is 0 Å². The second kappa shape index (κ2) is 7.40. The molecule has 0 aliphatic heterocycles. The van der Waals surface area contributed by atoms with Crippen molar-refractivity contribution in [2.45, 2.75) is 51.7 Å². The molecule has 0 saturated heterocycles. The number of carbonyl (C=O) groups excluding carboxylic acids is 2. The van der Waals surface area contributed by atoms with Crippen molar-refractivity contribution >= 4 is 17.5 Å². The Labute approximate surface area is 131 Å². The molecule has 2 unspecified atom stereocenters. The van der Waals surface area contributed by atoms with Crippen LogP contribution in [0.25, 0.3) is 0 Å². The molecule has 1 aromatic carbocycles. The van der Waals surface area contributed by atoms with Crippen molar-refractivity contribution in [3.63, 3.8) is 0 Å². The summed E-state index contributed by atoms with van der Waals surface area (Å²) in [6.07, 6.45) is 2.12. The predicted octanol–water partition coefficient (Wildman–Crippen LogP) is 1.85. The van der Waals surface area contributed by atoms with Gasteiger partial charge >= 0.3 is 0 Å². The molecule has 120 valence electrons. The molecule has 1 aliphatic carbocycles. The van der Waals surface area contributed by atoms with Crippen LogP contribution in [0.3, 0.4) is 0 Å². The molecule has 1 saturated carbocycles. The van der Waals surface area contributed by atoms with E-state index in [-0.39, 0.29) is 23.8 Å². The van der Waals surface area contributed by atoms with E-state index < -0.39 is 6.10 Å². The van der Waals surface area contributed by atoms with Gasteiger partial charge in [-0.05, 0) is 50.8 Å². The van der Waals surface area contributed by atoms with Gasteiger partial charge in [-0.1, -0.05) is 12.1 Å². The van der Waals surface area contributed by atoms with E-state index in [1.54, 1.807) is 12.1 Å². The predicted molar refractivity (Wildman–Crippen MR) is 85.4 cm³/mol. The Balaban J connectivity index is 1.89. The SMILES string of the molecule is CC(C)NC(=O)Cc1ccc(NC(=O)C2CCCC2O)cc1.